The molecule has 4 nitrogen and oxygen atoms in total. The van der Waals surface area contributed by atoms with Crippen molar-refractivity contribution in [2.24, 2.45) is 5.73 Å². The van der Waals surface area contributed by atoms with Gasteiger partial charge in [0, 0.05) is 25.1 Å². The van der Waals surface area contributed by atoms with Crippen LogP contribution in [0.2, 0.25) is 0 Å². The molecule has 0 fully saturated rings. The van der Waals surface area contributed by atoms with Crippen molar-refractivity contribution in [2.45, 2.75) is 25.4 Å². The molecule has 0 aromatic carbocycles. The first-order chi connectivity index (χ1) is 7.36. The summed E-state index contributed by atoms with van der Waals surface area (Å²) in [4.78, 5) is 4.22. The van der Waals surface area contributed by atoms with Crippen LogP contribution >= 0.6 is 11.3 Å². The molecule has 1 heterocycles. The van der Waals surface area contributed by atoms with Crippen LogP contribution in [0.25, 0.3) is 0 Å². The second kappa shape index (κ2) is 7.76. The van der Waals surface area contributed by atoms with E-state index in [9.17, 15) is 0 Å². The lowest BCUT2D eigenvalue weighted by atomic mass is 10.1. The van der Waals surface area contributed by atoms with Gasteiger partial charge in [-0.3, -0.25) is 0 Å². The first-order valence-electron chi connectivity index (χ1n) is 5.16. The van der Waals surface area contributed by atoms with Crippen LogP contribution in [-0.4, -0.2) is 31.3 Å². The van der Waals surface area contributed by atoms with Gasteiger partial charge in [0.05, 0.1) is 17.8 Å². The summed E-state index contributed by atoms with van der Waals surface area (Å²) in [6.45, 7) is 2.27. The van der Waals surface area contributed by atoms with E-state index in [1.165, 1.54) is 0 Å². The van der Waals surface area contributed by atoms with E-state index in [-0.39, 0.29) is 0 Å². The summed E-state index contributed by atoms with van der Waals surface area (Å²) in [6.07, 6.45) is 2.08. The molecular weight excluding hydrogens is 210 g/mol. The summed E-state index contributed by atoms with van der Waals surface area (Å²) in [7, 11) is 1.72. The van der Waals surface area contributed by atoms with Gasteiger partial charge in [-0.2, -0.15) is 0 Å². The number of hydrogen-bond acceptors (Lipinski definition) is 5. The molecule has 0 aliphatic heterocycles. The monoisotopic (exact) mass is 229 g/mol. The number of rotatable bonds is 8. The Balaban J connectivity index is 2.24. The van der Waals surface area contributed by atoms with Crippen LogP contribution in [0.1, 0.15) is 18.5 Å². The SMILES string of the molecule is COCC(CCCN)NCc1cscn1. The fraction of sp³-hybridized carbons (Fsp3) is 0.700. The van der Waals surface area contributed by atoms with Crippen LogP contribution in [0.4, 0.5) is 0 Å². The predicted molar refractivity (Wildman–Crippen MR) is 62.9 cm³/mol. The Morgan fingerprint density at radius 3 is 3.13 bits per heavy atom. The molecule has 3 N–H and O–H groups in total. The third-order valence-corrected chi connectivity index (χ3v) is 2.82. The summed E-state index contributed by atoms with van der Waals surface area (Å²) >= 11 is 1.62. The maximum atomic E-state index is 5.48. The molecule has 0 aliphatic carbocycles. The molecule has 1 atom stereocenters. The summed E-state index contributed by atoms with van der Waals surface area (Å²) in [5.74, 6) is 0. The van der Waals surface area contributed by atoms with E-state index in [0.29, 0.717) is 6.04 Å². The smallest absolute Gasteiger partial charge is 0.0795 e. The number of nitrogens with one attached hydrogen (secondary N) is 1. The van der Waals surface area contributed by atoms with E-state index in [2.05, 4.69) is 15.7 Å². The standard InChI is InChI=1S/C10H19N3OS/c1-14-6-9(3-2-4-11)12-5-10-7-15-8-13-10/h7-9,12H,2-6,11H2,1H3. The molecule has 1 aromatic rings. The molecule has 0 amide bonds. The van der Waals surface area contributed by atoms with E-state index >= 15 is 0 Å². The highest BCUT2D eigenvalue weighted by Gasteiger charge is 2.07. The third kappa shape index (κ3) is 5.22. The molecule has 5 heteroatoms. The molecule has 15 heavy (non-hydrogen) atoms. The summed E-state index contributed by atoms with van der Waals surface area (Å²) in [5.41, 5.74) is 8.43. The number of thiazole rings is 1. The molecule has 1 unspecified atom stereocenters. The van der Waals surface area contributed by atoms with Crippen molar-refractivity contribution >= 4 is 11.3 Å². The second-order valence-corrected chi connectivity index (χ2v) is 4.16. The van der Waals surface area contributed by atoms with Gasteiger partial charge in [-0.1, -0.05) is 0 Å². The lowest BCUT2D eigenvalue weighted by Gasteiger charge is -2.16. The van der Waals surface area contributed by atoms with Crippen molar-refractivity contribution < 1.29 is 4.74 Å². The average Bonchev–Trinajstić information content (AvgIpc) is 2.75. The Hall–Kier alpha value is -0.490. The molecule has 0 bridgehead atoms. The molecule has 0 spiro atoms. The molecule has 0 saturated heterocycles. The Bertz CT molecular complexity index is 241. The topological polar surface area (TPSA) is 60.2 Å². The number of methoxy groups -OCH3 is 1. The molecule has 1 rings (SSSR count). The van der Waals surface area contributed by atoms with Crippen molar-refractivity contribution in [2.75, 3.05) is 20.3 Å². The average molecular weight is 229 g/mol. The largest absolute Gasteiger partial charge is 0.383 e. The number of nitrogens with zero attached hydrogens (tertiary/aromatic N) is 1. The minimum atomic E-state index is 0.375. The first-order valence-corrected chi connectivity index (χ1v) is 6.10. The van der Waals surface area contributed by atoms with Crippen LogP contribution < -0.4 is 11.1 Å². The Labute approximate surface area is 94.8 Å². The zero-order chi connectivity index (χ0) is 10.9. The Kier molecular flexibility index (Phi) is 6.50. The van der Waals surface area contributed by atoms with Gasteiger partial charge in [-0.05, 0) is 19.4 Å². The Morgan fingerprint density at radius 2 is 2.53 bits per heavy atom. The van der Waals surface area contributed by atoms with Crippen LogP contribution in [-0.2, 0) is 11.3 Å². The first kappa shape index (κ1) is 12.6. The van der Waals surface area contributed by atoms with Crippen molar-refractivity contribution in [3.05, 3.63) is 16.6 Å². The van der Waals surface area contributed by atoms with Gasteiger partial charge in [0.2, 0.25) is 0 Å². The summed E-state index contributed by atoms with van der Waals surface area (Å²) in [6, 6.07) is 0.375. The van der Waals surface area contributed by atoms with Crippen molar-refractivity contribution in [3.8, 4) is 0 Å². The minimum Gasteiger partial charge on any atom is -0.383 e. The summed E-state index contributed by atoms with van der Waals surface area (Å²) in [5, 5.41) is 5.48. The fourth-order valence-corrected chi connectivity index (χ4v) is 1.94. The molecule has 0 aliphatic rings. The lowest BCUT2D eigenvalue weighted by molar-refractivity contribution is 0.161. The van der Waals surface area contributed by atoms with Crippen LogP contribution in [0.5, 0.6) is 0 Å². The highest BCUT2D eigenvalue weighted by molar-refractivity contribution is 7.07. The van der Waals surface area contributed by atoms with Gasteiger partial charge in [0.15, 0.2) is 0 Å². The van der Waals surface area contributed by atoms with Crippen LogP contribution in [0, 0.1) is 0 Å². The van der Waals surface area contributed by atoms with E-state index < -0.39 is 0 Å². The molecule has 0 saturated carbocycles. The molecule has 86 valence electrons. The normalized spacial score (nSPS) is 12.9. The number of ether oxygens (including phenoxy) is 1. The van der Waals surface area contributed by atoms with E-state index in [1.54, 1.807) is 18.4 Å². The number of nitrogens with two attached hydrogens (primary N) is 1. The highest BCUT2D eigenvalue weighted by atomic mass is 32.1. The van der Waals surface area contributed by atoms with Crippen molar-refractivity contribution in [3.63, 3.8) is 0 Å². The maximum absolute atomic E-state index is 5.48. The van der Waals surface area contributed by atoms with Gasteiger partial charge in [-0.15, -0.1) is 11.3 Å². The van der Waals surface area contributed by atoms with Gasteiger partial charge in [-0.25, -0.2) is 4.98 Å². The minimum absolute atomic E-state index is 0.375. The molecule has 0 radical (unpaired) electrons. The second-order valence-electron chi connectivity index (χ2n) is 3.44. The zero-order valence-corrected chi connectivity index (χ0v) is 9.93. The van der Waals surface area contributed by atoms with E-state index in [1.807, 2.05) is 5.51 Å². The number of aromatic nitrogens is 1. The zero-order valence-electron chi connectivity index (χ0n) is 9.11. The summed E-state index contributed by atoms with van der Waals surface area (Å²) < 4.78 is 5.15. The van der Waals surface area contributed by atoms with Crippen LogP contribution in [0.15, 0.2) is 10.9 Å². The van der Waals surface area contributed by atoms with Crippen molar-refractivity contribution in [1.82, 2.24) is 10.3 Å². The quantitative estimate of drug-likeness (QED) is 0.698. The predicted octanol–water partition coefficient (Wildman–Crippen LogP) is 0.987. The van der Waals surface area contributed by atoms with E-state index in [0.717, 1.165) is 38.2 Å². The van der Waals surface area contributed by atoms with Gasteiger partial charge in [0.25, 0.3) is 0 Å². The van der Waals surface area contributed by atoms with Gasteiger partial charge in [0.1, 0.15) is 0 Å². The van der Waals surface area contributed by atoms with Gasteiger partial charge < -0.3 is 15.8 Å². The van der Waals surface area contributed by atoms with Crippen LogP contribution in [0.3, 0.4) is 0 Å². The third-order valence-electron chi connectivity index (χ3n) is 2.18. The highest BCUT2D eigenvalue weighted by Crippen LogP contribution is 2.03. The number of hydrogen-bond donors (Lipinski definition) is 2. The maximum Gasteiger partial charge on any atom is 0.0795 e. The lowest BCUT2D eigenvalue weighted by Crippen LogP contribution is -2.33. The fourth-order valence-electron chi connectivity index (χ4n) is 1.38. The van der Waals surface area contributed by atoms with E-state index in [4.69, 9.17) is 10.5 Å². The van der Waals surface area contributed by atoms with Crippen molar-refractivity contribution in [1.29, 1.82) is 0 Å². The molecular formula is C10H19N3OS. The Morgan fingerprint density at radius 1 is 1.67 bits per heavy atom. The molecule has 1 aromatic heterocycles. The van der Waals surface area contributed by atoms with Gasteiger partial charge >= 0.3 is 0 Å².